The van der Waals surface area contributed by atoms with Gasteiger partial charge in [0.2, 0.25) is 0 Å². The second-order valence-corrected chi connectivity index (χ2v) is 6.98. The summed E-state index contributed by atoms with van der Waals surface area (Å²) in [6, 6.07) is -3.72. The monoisotopic (exact) mass is 340 g/mol. The van der Waals surface area contributed by atoms with Crippen molar-refractivity contribution in [2.24, 2.45) is 0 Å². The highest BCUT2D eigenvalue weighted by Crippen LogP contribution is 2.37. The van der Waals surface area contributed by atoms with Crippen LogP contribution < -0.4 is 5.46 Å². The number of hydrogen-bond acceptors (Lipinski definition) is 2. The van der Waals surface area contributed by atoms with Crippen molar-refractivity contribution in [3.8, 4) is 11.1 Å². The van der Waals surface area contributed by atoms with E-state index in [0.29, 0.717) is 0 Å². The maximum atomic E-state index is 8.85. The fourth-order valence-electron chi connectivity index (χ4n) is 2.70. The van der Waals surface area contributed by atoms with Gasteiger partial charge in [0.05, 0.1) is 24.9 Å². The molecule has 1 heterocycles. The SMILES string of the molecule is [2H]c1c([2H])c([2H])c(-c2cc(B3OC(C)(C)C(C)(C)O3)c([2H])c3c([2H])c([2H])c([2H])c([2H])c23)c([2H])c1[2H]. The highest BCUT2D eigenvalue weighted by Gasteiger charge is 2.51. The molecule has 1 saturated heterocycles. The van der Waals surface area contributed by atoms with Gasteiger partial charge in [-0.2, -0.15) is 0 Å². The summed E-state index contributed by atoms with van der Waals surface area (Å²) in [5, 5.41) is -0.259. The van der Waals surface area contributed by atoms with Crippen LogP contribution in [-0.4, -0.2) is 18.3 Å². The molecule has 0 aromatic heterocycles. The van der Waals surface area contributed by atoms with Gasteiger partial charge in [0.1, 0.15) is 0 Å². The van der Waals surface area contributed by atoms with E-state index in [-0.39, 0.29) is 33.4 Å². The molecule has 2 nitrogen and oxygen atoms in total. The quantitative estimate of drug-likeness (QED) is 0.624. The topological polar surface area (TPSA) is 18.5 Å². The van der Waals surface area contributed by atoms with Crippen molar-refractivity contribution in [3.05, 3.63) is 66.5 Å². The second kappa shape index (κ2) is 5.72. The van der Waals surface area contributed by atoms with Crippen LogP contribution in [0.2, 0.25) is 0 Å². The first-order valence-corrected chi connectivity index (χ1v) is 8.00. The molecule has 0 amide bonds. The van der Waals surface area contributed by atoms with Crippen molar-refractivity contribution >= 4 is 23.4 Å². The molecule has 1 fully saturated rings. The molecule has 25 heavy (non-hydrogen) atoms. The third-order valence-corrected chi connectivity index (χ3v) is 4.80. The standard InChI is InChI=1S/C22H23BO2/c1-21(2)22(3,4)25-23(24-21)18-14-17-12-8-9-13-19(17)20(15-18)16-10-6-5-7-11-16/h5-15H,1-4H3/i5D,6D,7D,8D,9D,10D,11D,12D,13D,14D. The lowest BCUT2D eigenvalue weighted by molar-refractivity contribution is 0.00578. The molecule has 0 atom stereocenters. The molecular weight excluding hydrogens is 307 g/mol. The van der Waals surface area contributed by atoms with E-state index in [1.54, 1.807) is 0 Å². The summed E-state index contributed by atoms with van der Waals surface area (Å²) in [5.41, 5.74) is -1.67. The van der Waals surface area contributed by atoms with Gasteiger partial charge in [-0.25, -0.2) is 0 Å². The van der Waals surface area contributed by atoms with Crippen molar-refractivity contribution in [1.82, 2.24) is 0 Å². The lowest BCUT2D eigenvalue weighted by Gasteiger charge is -2.32. The zero-order valence-electron chi connectivity index (χ0n) is 24.5. The predicted octanol–water partition coefficient (Wildman–Crippen LogP) is 4.81. The molecule has 3 heteroatoms. The molecule has 0 saturated carbocycles. The van der Waals surface area contributed by atoms with Crippen LogP contribution >= 0.6 is 0 Å². The minimum atomic E-state index is -1.08. The maximum absolute atomic E-state index is 8.85. The van der Waals surface area contributed by atoms with Crippen molar-refractivity contribution in [2.45, 2.75) is 38.9 Å². The molecule has 0 bridgehead atoms. The van der Waals surface area contributed by atoms with Crippen LogP contribution in [0.15, 0.2) is 66.5 Å². The zero-order chi connectivity index (χ0) is 26.4. The van der Waals surface area contributed by atoms with Gasteiger partial charge in [-0.1, -0.05) is 66.5 Å². The van der Waals surface area contributed by atoms with Crippen molar-refractivity contribution in [1.29, 1.82) is 0 Å². The Bertz CT molecular complexity index is 1380. The van der Waals surface area contributed by atoms with E-state index in [0.717, 1.165) is 0 Å². The normalized spacial score (nSPS) is 24.2. The van der Waals surface area contributed by atoms with E-state index in [9.17, 15) is 0 Å². The van der Waals surface area contributed by atoms with Crippen molar-refractivity contribution < 1.29 is 23.0 Å². The lowest BCUT2D eigenvalue weighted by Crippen LogP contribution is -2.41. The van der Waals surface area contributed by atoms with Crippen LogP contribution in [0.5, 0.6) is 0 Å². The first-order chi connectivity index (χ1) is 16.0. The summed E-state index contributed by atoms with van der Waals surface area (Å²) in [4.78, 5) is 0. The summed E-state index contributed by atoms with van der Waals surface area (Å²) in [7, 11) is -1.08. The average molecular weight is 340 g/mol. The fraction of sp³-hybridized carbons (Fsp3) is 0.273. The molecule has 4 rings (SSSR count). The molecule has 0 unspecified atom stereocenters. The average Bonchev–Trinajstić information content (AvgIpc) is 3.00. The van der Waals surface area contributed by atoms with E-state index < -0.39 is 72.7 Å². The molecule has 0 aliphatic carbocycles. The van der Waals surface area contributed by atoms with Gasteiger partial charge in [-0.05, 0) is 55.1 Å². The number of benzene rings is 3. The summed E-state index contributed by atoms with van der Waals surface area (Å²) in [6.07, 6.45) is 0. The van der Waals surface area contributed by atoms with Gasteiger partial charge >= 0.3 is 7.12 Å². The molecule has 0 spiro atoms. The van der Waals surface area contributed by atoms with Gasteiger partial charge in [0, 0.05) is 0 Å². The van der Waals surface area contributed by atoms with Crippen molar-refractivity contribution in [3.63, 3.8) is 0 Å². The van der Waals surface area contributed by atoms with E-state index in [1.165, 1.54) is 6.07 Å². The van der Waals surface area contributed by atoms with Gasteiger partial charge in [-0.15, -0.1) is 0 Å². The third kappa shape index (κ3) is 2.78. The number of rotatable bonds is 2. The van der Waals surface area contributed by atoms with E-state index in [4.69, 9.17) is 23.0 Å². The van der Waals surface area contributed by atoms with E-state index in [2.05, 4.69) is 0 Å². The smallest absolute Gasteiger partial charge is 0.399 e. The van der Waals surface area contributed by atoms with E-state index >= 15 is 0 Å². The second-order valence-electron chi connectivity index (χ2n) is 6.98. The number of fused-ring (bicyclic) bond motifs is 1. The molecule has 1 aliphatic heterocycles. The molecule has 1 aliphatic rings. The van der Waals surface area contributed by atoms with Crippen LogP contribution in [0.1, 0.15) is 41.4 Å². The first-order valence-electron chi connectivity index (χ1n) is 13.0. The summed E-state index contributed by atoms with van der Waals surface area (Å²) in [6.45, 7) is 7.28. The van der Waals surface area contributed by atoms with Gasteiger partial charge in [0.25, 0.3) is 0 Å². The molecule has 126 valence electrons. The first kappa shape index (κ1) is 8.53. The minimum absolute atomic E-state index is 0.0234. The van der Waals surface area contributed by atoms with Crippen LogP contribution in [0.25, 0.3) is 21.9 Å². The lowest BCUT2D eigenvalue weighted by atomic mass is 9.76. The van der Waals surface area contributed by atoms with E-state index in [1.807, 2.05) is 27.7 Å². The Morgan fingerprint density at radius 2 is 1.44 bits per heavy atom. The molecule has 0 N–H and O–H groups in total. The Labute approximate surface area is 164 Å². The highest BCUT2D eigenvalue weighted by atomic mass is 16.7. The minimum Gasteiger partial charge on any atom is -0.399 e. The molecule has 0 radical (unpaired) electrons. The largest absolute Gasteiger partial charge is 0.494 e. The Kier molecular flexibility index (Phi) is 1.95. The Morgan fingerprint density at radius 3 is 2.12 bits per heavy atom. The predicted molar refractivity (Wildman–Crippen MR) is 105 cm³/mol. The Morgan fingerprint density at radius 1 is 0.840 bits per heavy atom. The summed E-state index contributed by atoms with van der Waals surface area (Å²) >= 11 is 0. The van der Waals surface area contributed by atoms with Gasteiger partial charge < -0.3 is 9.31 Å². The highest BCUT2D eigenvalue weighted by molar-refractivity contribution is 6.62. The number of hydrogen-bond donors (Lipinski definition) is 0. The summed E-state index contributed by atoms with van der Waals surface area (Å²) in [5.74, 6) is 0. The molecule has 3 aromatic carbocycles. The molecule has 3 aromatic rings. The van der Waals surface area contributed by atoms with Gasteiger partial charge in [-0.3, -0.25) is 0 Å². The van der Waals surface area contributed by atoms with Crippen molar-refractivity contribution in [2.75, 3.05) is 0 Å². The summed E-state index contributed by atoms with van der Waals surface area (Å²) < 4.78 is 95.3. The van der Waals surface area contributed by atoms with Crippen LogP contribution in [0.4, 0.5) is 0 Å². The van der Waals surface area contributed by atoms with Gasteiger partial charge in [0.15, 0.2) is 0 Å². The maximum Gasteiger partial charge on any atom is 0.494 e. The Hall–Kier alpha value is -2.10. The Balaban J connectivity index is 2.20. The van der Waals surface area contributed by atoms with Crippen LogP contribution in [0, 0.1) is 0 Å². The van der Waals surface area contributed by atoms with Crippen LogP contribution in [0.3, 0.4) is 0 Å². The zero-order valence-corrected chi connectivity index (χ0v) is 14.5. The molecular formula is C22H23BO2. The third-order valence-electron chi connectivity index (χ3n) is 4.80. The van der Waals surface area contributed by atoms with Crippen LogP contribution in [-0.2, 0) is 9.31 Å². The fourth-order valence-corrected chi connectivity index (χ4v) is 2.70.